The molecule has 134 valence electrons. The van der Waals surface area contributed by atoms with Gasteiger partial charge in [0.05, 0.1) is 0 Å². The van der Waals surface area contributed by atoms with Gasteiger partial charge >= 0.3 is 10.4 Å². The zero-order valence-corrected chi connectivity index (χ0v) is 16.1. The van der Waals surface area contributed by atoms with Crippen molar-refractivity contribution in [1.29, 1.82) is 0 Å². The van der Waals surface area contributed by atoms with E-state index < -0.39 is 10.4 Å². The van der Waals surface area contributed by atoms with E-state index in [1.165, 1.54) is 16.3 Å². The lowest BCUT2D eigenvalue weighted by Crippen LogP contribution is -2.06. The summed E-state index contributed by atoms with van der Waals surface area (Å²) < 4.78 is 31.6. The molecule has 2 N–H and O–H groups in total. The Balaban J connectivity index is 0.000000505. The second kappa shape index (κ2) is 8.10. The van der Waals surface area contributed by atoms with Gasteiger partial charge in [0.2, 0.25) is 0 Å². The predicted octanol–water partition coefficient (Wildman–Crippen LogP) is 5.56. The van der Waals surface area contributed by atoms with Crippen molar-refractivity contribution in [3.63, 3.8) is 0 Å². The van der Waals surface area contributed by atoms with Crippen molar-refractivity contribution in [2.75, 3.05) is 0 Å². The van der Waals surface area contributed by atoms with E-state index in [-0.39, 0.29) is 0 Å². The molecule has 0 fully saturated rings. The highest BCUT2D eigenvalue weighted by molar-refractivity contribution is 7.79. The predicted molar refractivity (Wildman–Crippen MR) is 100 cm³/mol. The molecule has 0 spiro atoms. The van der Waals surface area contributed by atoms with Crippen molar-refractivity contribution in [1.82, 2.24) is 0 Å². The van der Waals surface area contributed by atoms with Crippen molar-refractivity contribution in [3.05, 3.63) is 47.0 Å². The molecule has 0 aliphatic heterocycles. The van der Waals surface area contributed by atoms with Crippen LogP contribution in [-0.4, -0.2) is 17.5 Å². The van der Waals surface area contributed by atoms with Gasteiger partial charge in [-0.15, -0.1) is 0 Å². The average molecular weight is 352 g/mol. The van der Waals surface area contributed by atoms with Crippen LogP contribution in [0, 0.1) is 0 Å². The molecule has 0 atom stereocenters. The summed E-state index contributed by atoms with van der Waals surface area (Å²) in [6.07, 6.45) is 0. The van der Waals surface area contributed by atoms with E-state index in [1.54, 1.807) is 11.1 Å². The first-order chi connectivity index (χ1) is 10.9. The van der Waals surface area contributed by atoms with Crippen molar-refractivity contribution in [2.24, 2.45) is 0 Å². The van der Waals surface area contributed by atoms with Crippen LogP contribution in [0.15, 0.2) is 30.3 Å². The fourth-order valence-electron chi connectivity index (χ4n) is 3.16. The lowest BCUT2D eigenvalue weighted by Gasteiger charge is -2.24. The molecule has 0 aromatic heterocycles. The minimum absolute atomic E-state index is 0.570. The average Bonchev–Trinajstić information content (AvgIpc) is 2.42. The van der Waals surface area contributed by atoms with Crippen LogP contribution in [0.1, 0.15) is 76.0 Å². The summed E-state index contributed by atoms with van der Waals surface area (Å²) in [7, 11) is -4.67. The highest BCUT2D eigenvalue weighted by Gasteiger charge is 2.19. The van der Waals surface area contributed by atoms with E-state index in [2.05, 4.69) is 71.9 Å². The maximum absolute atomic E-state index is 8.74. The number of fused-ring (bicyclic) bond motifs is 1. The molecule has 4 nitrogen and oxygen atoms in total. The fraction of sp³-hybridized carbons (Fsp3) is 0.474. The van der Waals surface area contributed by atoms with Gasteiger partial charge < -0.3 is 0 Å². The molecule has 0 amide bonds. The minimum atomic E-state index is -4.67. The van der Waals surface area contributed by atoms with Gasteiger partial charge in [0.15, 0.2) is 0 Å². The van der Waals surface area contributed by atoms with Crippen molar-refractivity contribution < 1.29 is 17.5 Å². The number of rotatable bonds is 3. The van der Waals surface area contributed by atoms with Gasteiger partial charge in [-0.05, 0) is 45.2 Å². The van der Waals surface area contributed by atoms with Crippen LogP contribution in [0.25, 0.3) is 10.8 Å². The molecule has 0 bridgehead atoms. The second-order valence-electron chi connectivity index (χ2n) is 6.93. The van der Waals surface area contributed by atoms with E-state index in [9.17, 15) is 0 Å². The molecule has 0 radical (unpaired) electrons. The standard InChI is InChI=1S/C19H26.H2O4S/c1-12(2)17-11-15-9-7-8-10-16(15)18(13(3)4)19(17)14(5)6;1-5(2,3)4/h7-14H,1-6H3;(H2,1,2,3,4). The Bertz CT molecular complexity index is 782. The fourth-order valence-corrected chi connectivity index (χ4v) is 3.16. The summed E-state index contributed by atoms with van der Waals surface area (Å²) in [5, 5.41) is 2.82. The Labute approximate surface area is 145 Å². The summed E-state index contributed by atoms with van der Waals surface area (Å²) in [5.41, 5.74) is 4.65. The van der Waals surface area contributed by atoms with E-state index >= 15 is 0 Å². The molecular weight excluding hydrogens is 324 g/mol. The summed E-state index contributed by atoms with van der Waals surface area (Å²) in [6, 6.07) is 11.2. The molecule has 0 saturated heterocycles. The number of hydrogen-bond acceptors (Lipinski definition) is 2. The summed E-state index contributed by atoms with van der Waals surface area (Å²) in [5.74, 6) is 1.74. The van der Waals surface area contributed by atoms with Crippen LogP contribution in [0.4, 0.5) is 0 Å². The van der Waals surface area contributed by atoms with Crippen LogP contribution in [-0.2, 0) is 10.4 Å². The van der Waals surface area contributed by atoms with E-state index in [1.807, 2.05) is 0 Å². The Kier molecular flexibility index (Phi) is 6.96. The van der Waals surface area contributed by atoms with Crippen LogP contribution in [0.2, 0.25) is 0 Å². The molecular formula is C19H28O4S. The van der Waals surface area contributed by atoms with Gasteiger partial charge in [0.25, 0.3) is 0 Å². The quantitative estimate of drug-likeness (QED) is 0.709. The van der Waals surface area contributed by atoms with E-state index in [0.29, 0.717) is 17.8 Å². The lowest BCUT2D eigenvalue weighted by molar-refractivity contribution is 0.381. The Morgan fingerprint density at radius 2 is 1.25 bits per heavy atom. The molecule has 0 heterocycles. The SMILES string of the molecule is CC(C)c1cc2ccccc2c(C(C)C)c1C(C)C.O=S(=O)(O)O. The first-order valence-corrected chi connectivity index (χ1v) is 9.58. The summed E-state index contributed by atoms with van der Waals surface area (Å²) in [4.78, 5) is 0. The van der Waals surface area contributed by atoms with Gasteiger partial charge in [-0.1, -0.05) is 71.9 Å². The van der Waals surface area contributed by atoms with Gasteiger partial charge in [-0.25, -0.2) is 0 Å². The molecule has 0 unspecified atom stereocenters. The third-order valence-electron chi connectivity index (χ3n) is 3.94. The molecule has 5 heteroatoms. The highest BCUT2D eigenvalue weighted by atomic mass is 32.3. The Morgan fingerprint density at radius 3 is 1.67 bits per heavy atom. The molecule has 2 rings (SSSR count). The zero-order valence-electron chi connectivity index (χ0n) is 15.2. The molecule has 0 aliphatic carbocycles. The molecule has 24 heavy (non-hydrogen) atoms. The van der Waals surface area contributed by atoms with Crippen molar-refractivity contribution in [2.45, 2.75) is 59.3 Å². The minimum Gasteiger partial charge on any atom is -0.264 e. The molecule has 0 saturated carbocycles. The van der Waals surface area contributed by atoms with Gasteiger partial charge in [-0.3, -0.25) is 9.11 Å². The monoisotopic (exact) mass is 352 g/mol. The molecule has 2 aromatic carbocycles. The number of benzene rings is 2. The molecule has 0 aliphatic rings. The lowest BCUT2D eigenvalue weighted by atomic mass is 9.80. The summed E-state index contributed by atoms with van der Waals surface area (Å²) >= 11 is 0. The third kappa shape index (κ3) is 5.58. The van der Waals surface area contributed by atoms with Crippen molar-refractivity contribution >= 4 is 21.2 Å². The zero-order chi connectivity index (χ0) is 18.7. The Hall–Kier alpha value is -1.43. The number of hydrogen-bond donors (Lipinski definition) is 2. The van der Waals surface area contributed by atoms with Gasteiger partial charge in [0.1, 0.15) is 0 Å². The Morgan fingerprint density at radius 1 is 0.792 bits per heavy atom. The summed E-state index contributed by atoms with van der Waals surface area (Å²) in [6.45, 7) is 13.9. The maximum atomic E-state index is 8.74. The van der Waals surface area contributed by atoms with Gasteiger partial charge in [0, 0.05) is 0 Å². The maximum Gasteiger partial charge on any atom is 0.394 e. The van der Waals surface area contributed by atoms with Crippen LogP contribution < -0.4 is 0 Å². The highest BCUT2D eigenvalue weighted by Crippen LogP contribution is 2.38. The smallest absolute Gasteiger partial charge is 0.264 e. The van der Waals surface area contributed by atoms with Crippen LogP contribution in [0.3, 0.4) is 0 Å². The normalized spacial score (nSPS) is 12.0. The van der Waals surface area contributed by atoms with Gasteiger partial charge in [-0.2, -0.15) is 8.42 Å². The van der Waals surface area contributed by atoms with E-state index in [0.717, 1.165) is 0 Å². The van der Waals surface area contributed by atoms with Crippen LogP contribution in [0.5, 0.6) is 0 Å². The third-order valence-corrected chi connectivity index (χ3v) is 3.94. The topological polar surface area (TPSA) is 74.6 Å². The molecule has 2 aromatic rings. The first kappa shape index (κ1) is 20.6. The first-order valence-electron chi connectivity index (χ1n) is 8.18. The van der Waals surface area contributed by atoms with E-state index in [4.69, 9.17) is 17.5 Å². The van der Waals surface area contributed by atoms with Crippen LogP contribution >= 0.6 is 0 Å². The second-order valence-corrected chi connectivity index (χ2v) is 7.82. The largest absolute Gasteiger partial charge is 0.394 e. The van der Waals surface area contributed by atoms with Crippen molar-refractivity contribution in [3.8, 4) is 0 Å².